The van der Waals surface area contributed by atoms with E-state index in [2.05, 4.69) is 4.90 Å². The summed E-state index contributed by atoms with van der Waals surface area (Å²) in [7, 11) is 1.76. The van der Waals surface area contributed by atoms with Crippen LogP contribution in [-0.2, 0) is 7.80 Å². The number of halogens is 1. The fourth-order valence-corrected chi connectivity index (χ4v) is 1.56. The Morgan fingerprint density at radius 1 is 1.55 bits per heavy atom. The van der Waals surface area contributed by atoms with Gasteiger partial charge in [0.25, 0.3) is 0 Å². The molecule has 66 valence electrons. The highest BCUT2D eigenvalue weighted by Crippen LogP contribution is 2.14. The molecule has 1 rings (SSSR count). The van der Waals surface area contributed by atoms with Crippen molar-refractivity contribution < 1.29 is 7.80 Å². The van der Waals surface area contributed by atoms with E-state index in [0.29, 0.717) is 0 Å². The zero-order valence-corrected chi connectivity index (χ0v) is 8.91. The van der Waals surface area contributed by atoms with E-state index >= 15 is 0 Å². The quantitative estimate of drug-likeness (QED) is 0.694. The molecular formula is C7H14INO2. The second-order valence-electron chi connectivity index (χ2n) is 2.89. The first-order valence-electron chi connectivity index (χ1n) is 3.81. The summed E-state index contributed by atoms with van der Waals surface area (Å²) in [5.74, 6) is 0.759. The van der Waals surface area contributed by atoms with Gasteiger partial charge in [0.15, 0.2) is 0 Å². The lowest BCUT2D eigenvalue weighted by Crippen LogP contribution is -2.49. The van der Waals surface area contributed by atoms with Gasteiger partial charge < -0.3 is 12.7 Å². The SMILES string of the molecule is COCC1CN(CCOI)C1. The Kier molecular flexibility index (Phi) is 4.66. The Hall–Kier alpha value is 0.610. The van der Waals surface area contributed by atoms with E-state index in [1.165, 1.54) is 13.1 Å². The Bertz CT molecular complexity index is 107. The van der Waals surface area contributed by atoms with Crippen LogP contribution in [-0.4, -0.2) is 44.9 Å². The molecule has 0 aromatic heterocycles. The Morgan fingerprint density at radius 3 is 2.82 bits per heavy atom. The predicted molar refractivity (Wildman–Crippen MR) is 51.8 cm³/mol. The first-order valence-corrected chi connectivity index (χ1v) is 4.69. The second-order valence-corrected chi connectivity index (χ2v) is 3.52. The monoisotopic (exact) mass is 271 g/mol. The molecule has 0 atom stereocenters. The third kappa shape index (κ3) is 3.23. The summed E-state index contributed by atoms with van der Waals surface area (Å²) in [5.41, 5.74) is 0. The predicted octanol–water partition coefficient (Wildman–Crippen LogP) is 0.931. The molecule has 0 bridgehead atoms. The van der Waals surface area contributed by atoms with Crippen LogP contribution in [0.15, 0.2) is 0 Å². The summed E-state index contributed by atoms with van der Waals surface area (Å²) in [6.07, 6.45) is 0. The van der Waals surface area contributed by atoms with Crippen LogP contribution in [0.1, 0.15) is 0 Å². The molecule has 0 N–H and O–H groups in total. The molecule has 11 heavy (non-hydrogen) atoms. The molecule has 1 saturated heterocycles. The van der Waals surface area contributed by atoms with Gasteiger partial charge in [-0.2, -0.15) is 0 Å². The summed E-state index contributed by atoms with van der Waals surface area (Å²) >= 11 is 1.93. The van der Waals surface area contributed by atoms with Gasteiger partial charge in [-0.05, 0) is 0 Å². The zero-order chi connectivity index (χ0) is 8.10. The first-order chi connectivity index (χ1) is 5.36. The van der Waals surface area contributed by atoms with Crippen molar-refractivity contribution in [3.63, 3.8) is 0 Å². The van der Waals surface area contributed by atoms with Gasteiger partial charge in [0.1, 0.15) is 23.0 Å². The number of methoxy groups -OCH3 is 1. The zero-order valence-electron chi connectivity index (χ0n) is 6.75. The minimum Gasteiger partial charge on any atom is -0.384 e. The summed E-state index contributed by atoms with van der Waals surface area (Å²) in [6.45, 7) is 5.15. The van der Waals surface area contributed by atoms with E-state index < -0.39 is 0 Å². The van der Waals surface area contributed by atoms with E-state index in [4.69, 9.17) is 7.80 Å². The molecule has 0 aromatic rings. The lowest BCUT2D eigenvalue weighted by Gasteiger charge is -2.38. The van der Waals surface area contributed by atoms with E-state index in [-0.39, 0.29) is 0 Å². The third-order valence-electron chi connectivity index (χ3n) is 1.92. The topological polar surface area (TPSA) is 21.7 Å². The van der Waals surface area contributed by atoms with E-state index in [1.807, 2.05) is 23.0 Å². The van der Waals surface area contributed by atoms with Crippen molar-refractivity contribution in [3.8, 4) is 0 Å². The van der Waals surface area contributed by atoms with Gasteiger partial charge >= 0.3 is 0 Å². The fourth-order valence-electron chi connectivity index (χ4n) is 1.36. The first kappa shape index (κ1) is 9.70. The number of nitrogens with zero attached hydrogens (tertiary/aromatic N) is 1. The average molecular weight is 271 g/mol. The Labute approximate surface area is 81.7 Å². The molecule has 0 saturated carbocycles. The Balaban J connectivity index is 1.92. The number of likely N-dealkylation sites (tertiary alicyclic amines) is 1. The third-order valence-corrected chi connectivity index (χ3v) is 2.36. The molecule has 4 heteroatoms. The lowest BCUT2D eigenvalue weighted by atomic mass is 10.0. The molecule has 1 heterocycles. The molecule has 0 aromatic carbocycles. The number of rotatable bonds is 5. The van der Waals surface area contributed by atoms with Crippen LogP contribution in [0.3, 0.4) is 0 Å². The number of hydrogen-bond donors (Lipinski definition) is 0. The molecule has 1 aliphatic rings. The number of hydrogen-bond acceptors (Lipinski definition) is 3. The molecule has 0 aliphatic carbocycles. The Morgan fingerprint density at radius 2 is 2.27 bits per heavy atom. The van der Waals surface area contributed by atoms with Crippen molar-refractivity contribution in [3.05, 3.63) is 0 Å². The molecule has 1 fully saturated rings. The van der Waals surface area contributed by atoms with Gasteiger partial charge in [0.2, 0.25) is 0 Å². The molecule has 0 amide bonds. The fraction of sp³-hybridized carbons (Fsp3) is 1.00. The maximum Gasteiger partial charge on any atom is 0.109 e. The maximum absolute atomic E-state index is 5.04. The van der Waals surface area contributed by atoms with Crippen LogP contribution in [0.2, 0.25) is 0 Å². The van der Waals surface area contributed by atoms with Gasteiger partial charge in [-0.1, -0.05) is 0 Å². The molecular weight excluding hydrogens is 257 g/mol. The van der Waals surface area contributed by atoms with Gasteiger partial charge in [-0.25, -0.2) is 0 Å². The molecule has 0 spiro atoms. The van der Waals surface area contributed by atoms with Crippen LogP contribution in [0.4, 0.5) is 0 Å². The van der Waals surface area contributed by atoms with Crippen LogP contribution in [0, 0.1) is 5.92 Å². The highest BCUT2D eigenvalue weighted by Gasteiger charge is 2.25. The molecule has 1 aliphatic heterocycles. The van der Waals surface area contributed by atoms with Gasteiger partial charge in [0, 0.05) is 32.7 Å². The van der Waals surface area contributed by atoms with Crippen molar-refractivity contribution in [2.45, 2.75) is 0 Å². The van der Waals surface area contributed by atoms with E-state index in [0.717, 1.165) is 25.7 Å². The number of ether oxygens (including phenoxy) is 1. The molecule has 0 unspecified atom stereocenters. The van der Waals surface area contributed by atoms with Crippen molar-refractivity contribution >= 4 is 23.0 Å². The minimum absolute atomic E-state index is 0.759. The van der Waals surface area contributed by atoms with Crippen molar-refractivity contribution in [1.29, 1.82) is 0 Å². The molecule has 3 nitrogen and oxygen atoms in total. The summed E-state index contributed by atoms with van der Waals surface area (Å²) in [6, 6.07) is 0. The highest BCUT2D eigenvalue weighted by atomic mass is 127. The van der Waals surface area contributed by atoms with Crippen LogP contribution >= 0.6 is 23.0 Å². The van der Waals surface area contributed by atoms with Crippen LogP contribution in [0.25, 0.3) is 0 Å². The van der Waals surface area contributed by atoms with Crippen molar-refractivity contribution in [1.82, 2.24) is 4.90 Å². The summed E-state index contributed by atoms with van der Waals surface area (Å²) < 4.78 is 9.98. The maximum atomic E-state index is 5.04. The van der Waals surface area contributed by atoms with E-state index in [9.17, 15) is 0 Å². The van der Waals surface area contributed by atoms with Gasteiger partial charge in [-0.15, -0.1) is 0 Å². The van der Waals surface area contributed by atoms with E-state index in [1.54, 1.807) is 7.11 Å². The average Bonchev–Trinajstić information content (AvgIpc) is 1.94. The van der Waals surface area contributed by atoms with Gasteiger partial charge in [0.05, 0.1) is 13.2 Å². The molecule has 0 radical (unpaired) electrons. The highest BCUT2D eigenvalue weighted by molar-refractivity contribution is 14.1. The van der Waals surface area contributed by atoms with Crippen LogP contribution in [0.5, 0.6) is 0 Å². The van der Waals surface area contributed by atoms with Crippen molar-refractivity contribution in [2.24, 2.45) is 5.92 Å². The largest absolute Gasteiger partial charge is 0.384 e. The second kappa shape index (κ2) is 5.29. The smallest absolute Gasteiger partial charge is 0.109 e. The van der Waals surface area contributed by atoms with Crippen molar-refractivity contribution in [2.75, 3.05) is 40.0 Å². The normalized spacial score (nSPS) is 20.2. The summed E-state index contributed by atoms with van der Waals surface area (Å²) in [4.78, 5) is 2.38. The van der Waals surface area contributed by atoms with Gasteiger partial charge in [-0.3, -0.25) is 0 Å². The lowest BCUT2D eigenvalue weighted by molar-refractivity contribution is 0.0297. The summed E-state index contributed by atoms with van der Waals surface area (Å²) in [5, 5.41) is 0. The minimum atomic E-state index is 0.759. The van der Waals surface area contributed by atoms with Crippen LogP contribution < -0.4 is 0 Å². The standard InChI is InChI=1S/C7H14INO2/c1-10-6-7-4-9(5-7)2-3-11-8/h7H,2-6H2,1H3.